The lowest BCUT2D eigenvalue weighted by Crippen LogP contribution is -2.10. The molecular formula is C59H32F5N5. The van der Waals surface area contributed by atoms with E-state index >= 15 is 22.0 Å². The van der Waals surface area contributed by atoms with E-state index in [-0.39, 0.29) is 22.5 Å². The Morgan fingerprint density at radius 3 is 1.22 bits per heavy atom. The number of hydrogen-bond acceptors (Lipinski definition) is 3. The van der Waals surface area contributed by atoms with Crippen LogP contribution in [0.3, 0.4) is 0 Å². The molecule has 0 N–H and O–H groups in total. The molecule has 69 heavy (non-hydrogen) atoms. The van der Waals surface area contributed by atoms with Crippen LogP contribution in [0.15, 0.2) is 194 Å². The van der Waals surface area contributed by atoms with Crippen molar-refractivity contribution in [3.8, 4) is 73.3 Å². The molecule has 0 aliphatic carbocycles. The monoisotopic (exact) mass is 905 g/mol. The average Bonchev–Trinajstić information content (AvgIpc) is 3.92. The molecule has 0 unspecified atom stereocenters. The molecule has 10 heteroatoms. The van der Waals surface area contributed by atoms with Gasteiger partial charge in [-0.25, -0.2) is 22.0 Å². The quantitative estimate of drug-likeness (QED) is 0.0909. The molecule has 12 aromatic rings. The molecule has 0 aliphatic heterocycles. The third-order valence-electron chi connectivity index (χ3n) is 12.8. The van der Waals surface area contributed by atoms with E-state index in [1.165, 1.54) is 12.1 Å². The van der Waals surface area contributed by atoms with Crippen LogP contribution in [0.5, 0.6) is 0 Å². The predicted octanol–water partition coefficient (Wildman–Crippen LogP) is 15.6. The van der Waals surface area contributed by atoms with Crippen LogP contribution < -0.4 is 0 Å². The number of fused-ring (bicyclic) bond motifs is 6. The Hall–Kier alpha value is -9.20. The molecule has 4 aromatic heterocycles. The SMILES string of the molecule is N#Cc1cc(-n2c3ccccc3c3ccc(-c4cccnc4-c4ccccc4)cc32)c(-c2c(F)c(F)c(F)c(F)c2F)c(-n2c3ccccc3c3ccc(-c4cccnc4-c4ccccc4)cc32)c1. The lowest BCUT2D eigenvalue weighted by atomic mass is 9.96. The number of pyridine rings is 2. The average molecular weight is 906 g/mol. The Balaban J connectivity index is 1.22. The highest BCUT2D eigenvalue weighted by atomic mass is 19.2. The van der Waals surface area contributed by atoms with Crippen LogP contribution >= 0.6 is 0 Å². The van der Waals surface area contributed by atoms with Crippen molar-refractivity contribution in [2.24, 2.45) is 0 Å². The third kappa shape index (κ3) is 6.50. The minimum Gasteiger partial charge on any atom is -0.308 e. The van der Waals surface area contributed by atoms with Crippen molar-refractivity contribution in [2.45, 2.75) is 0 Å². The van der Waals surface area contributed by atoms with E-state index in [1.54, 1.807) is 33.7 Å². The molecule has 0 atom stereocenters. The standard InChI is InChI=1S/C59H32F5N5/c60-53-52(54(61)56(63)57(64)55(53)62)51-49(68-45-21-9-7-17-41(45)43-25-23-37(31-47(43)68)39-19-11-27-66-58(39)35-13-3-1-4-14-35)29-34(33-65)30-50(51)69-46-22-10-8-18-42(46)44-26-24-38(32-48(44)69)40-20-12-28-67-59(40)36-15-5-2-6-16-36/h1-32H. The van der Waals surface area contributed by atoms with Gasteiger partial charge in [-0.3, -0.25) is 9.97 Å². The second kappa shape index (κ2) is 16.3. The number of nitrogens with zero attached hydrogens (tertiary/aromatic N) is 5. The van der Waals surface area contributed by atoms with E-state index in [0.29, 0.717) is 33.5 Å². The first-order valence-corrected chi connectivity index (χ1v) is 22.0. The first kappa shape index (κ1) is 41.2. The summed E-state index contributed by atoms with van der Waals surface area (Å²) in [5.74, 6) is -10.5. The first-order valence-electron chi connectivity index (χ1n) is 22.0. The number of para-hydroxylation sites is 2. The van der Waals surface area contributed by atoms with E-state index in [4.69, 9.17) is 9.97 Å². The second-order valence-corrected chi connectivity index (χ2v) is 16.6. The molecule has 0 aliphatic rings. The lowest BCUT2D eigenvalue weighted by molar-refractivity contribution is 0.381. The van der Waals surface area contributed by atoms with Crippen LogP contribution in [-0.2, 0) is 0 Å². The van der Waals surface area contributed by atoms with Crippen molar-refractivity contribution in [1.82, 2.24) is 19.1 Å². The smallest absolute Gasteiger partial charge is 0.200 e. The molecule has 0 fully saturated rings. The Morgan fingerprint density at radius 2 is 0.768 bits per heavy atom. The first-order chi connectivity index (χ1) is 33.8. The van der Waals surface area contributed by atoms with Crippen LogP contribution in [0, 0.1) is 40.4 Å². The summed E-state index contributed by atoms with van der Waals surface area (Å²) in [6.07, 6.45) is 3.42. The van der Waals surface area contributed by atoms with Gasteiger partial charge in [-0.15, -0.1) is 0 Å². The van der Waals surface area contributed by atoms with Gasteiger partial charge in [-0.05, 0) is 59.7 Å². The fraction of sp³-hybridized carbons (Fsp3) is 0. The van der Waals surface area contributed by atoms with Gasteiger partial charge in [-0.2, -0.15) is 5.26 Å². The maximum absolute atomic E-state index is 16.9. The maximum atomic E-state index is 16.9. The number of halogens is 5. The highest BCUT2D eigenvalue weighted by Crippen LogP contribution is 2.47. The lowest BCUT2D eigenvalue weighted by Gasteiger charge is -2.22. The summed E-state index contributed by atoms with van der Waals surface area (Å²) in [5.41, 5.74) is 7.03. The number of aromatic nitrogens is 4. The summed E-state index contributed by atoms with van der Waals surface area (Å²) in [6.45, 7) is 0. The third-order valence-corrected chi connectivity index (χ3v) is 12.8. The van der Waals surface area contributed by atoms with E-state index in [1.807, 2.05) is 158 Å². The topological polar surface area (TPSA) is 59.4 Å². The van der Waals surface area contributed by atoms with Gasteiger partial charge in [0.25, 0.3) is 0 Å². The number of hydrogen-bond donors (Lipinski definition) is 0. The molecule has 0 amide bonds. The summed E-state index contributed by atoms with van der Waals surface area (Å²) in [4.78, 5) is 9.50. The summed E-state index contributed by atoms with van der Waals surface area (Å²) in [7, 11) is 0. The van der Waals surface area contributed by atoms with Crippen LogP contribution in [0.25, 0.3) is 111 Å². The van der Waals surface area contributed by atoms with Gasteiger partial charge in [0, 0.05) is 61.8 Å². The highest BCUT2D eigenvalue weighted by Gasteiger charge is 2.33. The predicted molar refractivity (Wildman–Crippen MR) is 262 cm³/mol. The fourth-order valence-corrected chi connectivity index (χ4v) is 9.83. The maximum Gasteiger partial charge on any atom is 0.200 e. The molecule has 12 rings (SSSR count). The van der Waals surface area contributed by atoms with Gasteiger partial charge in [0.05, 0.1) is 62.0 Å². The van der Waals surface area contributed by atoms with Crippen LogP contribution in [0.1, 0.15) is 5.56 Å². The summed E-state index contributed by atoms with van der Waals surface area (Å²) in [6, 6.07) is 58.5. The summed E-state index contributed by atoms with van der Waals surface area (Å²) in [5, 5.41) is 13.9. The minimum atomic E-state index is -2.29. The van der Waals surface area contributed by atoms with Crippen LogP contribution in [0.4, 0.5) is 22.0 Å². The van der Waals surface area contributed by atoms with E-state index in [0.717, 1.165) is 54.9 Å². The molecular weight excluding hydrogens is 874 g/mol. The second-order valence-electron chi connectivity index (χ2n) is 16.6. The van der Waals surface area contributed by atoms with Gasteiger partial charge in [0.1, 0.15) is 0 Å². The van der Waals surface area contributed by atoms with Crippen molar-refractivity contribution < 1.29 is 22.0 Å². The van der Waals surface area contributed by atoms with Crippen molar-refractivity contribution in [3.05, 3.63) is 229 Å². The zero-order chi connectivity index (χ0) is 46.9. The van der Waals surface area contributed by atoms with Crippen LogP contribution in [-0.4, -0.2) is 19.1 Å². The Morgan fingerprint density at radius 1 is 0.362 bits per heavy atom. The molecule has 0 spiro atoms. The van der Waals surface area contributed by atoms with Gasteiger partial charge in [0.15, 0.2) is 23.3 Å². The molecule has 5 nitrogen and oxygen atoms in total. The van der Waals surface area contributed by atoms with E-state index in [2.05, 4.69) is 6.07 Å². The van der Waals surface area contributed by atoms with E-state index < -0.39 is 34.6 Å². The fourth-order valence-electron chi connectivity index (χ4n) is 9.83. The molecule has 0 radical (unpaired) electrons. The van der Waals surface area contributed by atoms with Crippen LogP contribution in [0.2, 0.25) is 0 Å². The minimum absolute atomic E-state index is 0.00536. The Labute approximate surface area is 390 Å². The van der Waals surface area contributed by atoms with Gasteiger partial charge in [0.2, 0.25) is 5.82 Å². The van der Waals surface area contributed by atoms with Gasteiger partial charge < -0.3 is 9.13 Å². The number of nitriles is 1. The number of rotatable bonds is 7. The van der Waals surface area contributed by atoms with Gasteiger partial charge in [-0.1, -0.05) is 133 Å². The van der Waals surface area contributed by atoms with Crippen molar-refractivity contribution in [1.29, 1.82) is 5.26 Å². The van der Waals surface area contributed by atoms with Crippen molar-refractivity contribution in [3.63, 3.8) is 0 Å². The molecule has 0 saturated heterocycles. The largest absolute Gasteiger partial charge is 0.308 e. The zero-order valence-electron chi connectivity index (χ0n) is 36.1. The normalized spacial score (nSPS) is 11.5. The summed E-state index contributed by atoms with van der Waals surface area (Å²) >= 11 is 0. The Bertz CT molecular complexity index is 3850. The van der Waals surface area contributed by atoms with E-state index in [9.17, 15) is 5.26 Å². The molecule has 8 aromatic carbocycles. The molecule has 0 bridgehead atoms. The molecule has 4 heterocycles. The number of benzene rings is 8. The highest BCUT2D eigenvalue weighted by molar-refractivity contribution is 6.13. The summed E-state index contributed by atoms with van der Waals surface area (Å²) < 4.78 is 84.1. The molecule has 328 valence electrons. The molecule has 0 saturated carbocycles. The Kier molecular flexibility index (Phi) is 9.74. The van der Waals surface area contributed by atoms with Gasteiger partial charge >= 0.3 is 0 Å². The zero-order valence-corrected chi connectivity index (χ0v) is 36.1. The van der Waals surface area contributed by atoms with Crippen molar-refractivity contribution >= 4 is 43.6 Å². The van der Waals surface area contributed by atoms with Crippen molar-refractivity contribution in [2.75, 3.05) is 0 Å².